The van der Waals surface area contributed by atoms with Crippen LogP contribution in [0.5, 0.6) is 0 Å². The van der Waals surface area contributed by atoms with Crippen LogP contribution in [0.1, 0.15) is 0 Å². The van der Waals surface area contributed by atoms with E-state index in [0.29, 0.717) is 5.82 Å². The topological polar surface area (TPSA) is 35.6 Å². The Hall–Kier alpha value is -8.34. The second-order valence-corrected chi connectivity index (χ2v) is 15.8. The summed E-state index contributed by atoms with van der Waals surface area (Å²) >= 11 is 0. The average Bonchev–Trinajstić information content (AvgIpc) is 3.87. The van der Waals surface area contributed by atoms with E-state index in [9.17, 15) is 0 Å². The molecule has 3 heterocycles. The molecule has 0 radical (unpaired) electrons. The summed E-state index contributed by atoms with van der Waals surface area (Å²) in [6.07, 6.45) is 0. The molecule has 4 nitrogen and oxygen atoms in total. The smallest absolute Gasteiger partial charge is 0.160 e. The Labute approximate surface area is 359 Å². The molecule has 0 N–H and O–H groups in total. The zero-order valence-corrected chi connectivity index (χ0v) is 33.7. The van der Waals surface area contributed by atoms with Crippen LogP contribution in [0.2, 0.25) is 0 Å². The van der Waals surface area contributed by atoms with Gasteiger partial charge in [-0.05, 0) is 76.9 Å². The molecule has 0 atom stereocenters. The van der Waals surface area contributed by atoms with Crippen LogP contribution in [0.15, 0.2) is 231 Å². The second-order valence-electron chi connectivity index (χ2n) is 15.8. The van der Waals surface area contributed by atoms with Crippen molar-refractivity contribution in [3.63, 3.8) is 0 Å². The molecule has 12 rings (SSSR count). The van der Waals surface area contributed by atoms with Gasteiger partial charge in [-0.15, -0.1) is 0 Å². The third kappa shape index (κ3) is 5.92. The van der Waals surface area contributed by atoms with Crippen molar-refractivity contribution in [3.05, 3.63) is 231 Å². The molecule has 12 aromatic rings. The fourth-order valence-electron chi connectivity index (χ4n) is 9.30. The monoisotopic (exact) mass is 790 g/mol. The van der Waals surface area contributed by atoms with Crippen molar-refractivity contribution in [3.8, 4) is 67.5 Å². The van der Waals surface area contributed by atoms with E-state index < -0.39 is 0 Å². The Bertz CT molecular complexity index is 3300. The Morgan fingerprint density at radius 3 is 0.952 bits per heavy atom. The minimum Gasteiger partial charge on any atom is -0.309 e. The van der Waals surface area contributed by atoms with Crippen molar-refractivity contribution >= 4 is 43.6 Å². The quantitative estimate of drug-likeness (QED) is 0.161. The number of aromatic nitrogens is 4. The predicted octanol–water partition coefficient (Wildman–Crippen LogP) is 15.0. The lowest BCUT2D eigenvalue weighted by atomic mass is 9.97. The van der Waals surface area contributed by atoms with Gasteiger partial charge in [-0.1, -0.05) is 176 Å². The number of para-hydroxylation sites is 4. The van der Waals surface area contributed by atoms with Crippen LogP contribution in [0.4, 0.5) is 0 Å². The van der Waals surface area contributed by atoms with Crippen LogP contribution in [0.25, 0.3) is 111 Å². The zero-order valence-electron chi connectivity index (χ0n) is 33.7. The van der Waals surface area contributed by atoms with E-state index in [1.165, 1.54) is 21.5 Å². The highest BCUT2D eigenvalue weighted by Gasteiger charge is 2.22. The van der Waals surface area contributed by atoms with Crippen molar-refractivity contribution in [1.29, 1.82) is 0 Å². The van der Waals surface area contributed by atoms with Gasteiger partial charge in [0, 0.05) is 38.2 Å². The zero-order chi connectivity index (χ0) is 41.0. The summed E-state index contributed by atoms with van der Waals surface area (Å²) < 4.78 is 4.80. The Morgan fingerprint density at radius 2 is 0.581 bits per heavy atom. The Morgan fingerprint density at radius 1 is 0.258 bits per heavy atom. The molecule has 4 heteroatoms. The Kier molecular flexibility index (Phi) is 8.46. The summed E-state index contributed by atoms with van der Waals surface area (Å²) in [6, 6.07) is 82.2. The second kappa shape index (κ2) is 14.7. The summed E-state index contributed by atoms with van der Waals surface area (Å²) in [5.74, 6) is 0.662. The molecule has 0 aliphatic carbocycles. The third-order valence-electron chi connectivity index (χ3n) is 12.2. The highest BCUT2D eigenvalue weighted by molar-refractivity contribution is 6.11. The van der Waals surface area contributed by atoms with Crippen molar-refractivity contribution in [2.24, 2.45) is 0 Å². The fraction of sp³-hybridized carbons (Fsp3) is 0. The van der Waals surface area contributed by atoms with Gasteiger partial charge in [-0.25, -0.2) is 9.97 Å². The number of benzene rings is 9. The van der Waals surface area contributed by atoms with E-state index in [2.05, 4.69) is 234 Å². The fourth-order valence-corrected chi connectivity index (χ4v) is 9.30. The molecule has 0 aliphatic rings. The van der Waals surface area contributed by atoms with Gasteiger partial charge in [-0.2, -0.15) is 0 Å². The highest BCUT2D eigenvalue weighted by atomic mass is 15.0. The molecule has 0 saturated heterocycles. The maximum atomic E-state index is 5.51. The molecular weight excluding hydrogens is 753 g/mol. The van der Waals surface area contributed by atoms with Gasteiger partial charge in [0.1, 0.15) is 0 Å². The molecule has 3 aromatic heterocycles. The van der Waals surface area contributed by atoms with E-state index in [4.69, 9.17) is 9.97 Å². The van der Waals surface area contributed by atoms with Gasteiger partial charge in [0.05, 0.1) is 44.8 Å². The van der Waals surface area contributed by atoms with Gasteiger partial charge >= 0.3 is 0 Å². The minimum absolute atomic E-state index is 0.662. The maximum Gasteiger partial charge on any atom is 0.160 e. The van der Waals surface area contributed by atoms with Crippen LogP contribution >= 0.6 is 0 Å². The van der Waals surface area contributed by atoms with Gasteiger partial charge in [0.25, 0.3) is 0 Å². The summed E-state index contributed by atoms with van der Waals surface area (Å²) in [5, 5.41) is 4.84. The van der Waals surface area contributed by atoms with E-state index in [1.807, 2.05) is 6.07 Å². The molecule has 62 heavy (non-hydrogen) atoms. The first-order chi connectivity index (χ1) is 30.8. The van der Waals surface area contributed by atoms with E-state index in [1.54, 1.807) is 0 Å². The molecular formula is C58H38N4. The third-order valence-corrected chi connectivity index (χ3v) is 12.2. The number of fused-ring (bicyclic) bond motifs is 6. The predicted molar refractivity (Wildman–Crippen MR) is 258 cm³/mol. The lowest BCUT2D eigenvalue weighted by Crippen LogP contribution is -2.03. The van der Waals surface area contributed by atoms with E-state index in [-0.39, 0.29) is 0 Å². The van der Waals surface area contributed by atoms with E-state index in [0.717, 1.165) is 83.8 Å². The molecule has 0 fully saturated rings. The first-order valence-electron chi connectivity index (χ1n) is 21.1. The molecule has 0 amide bonds. The lowest BCUT2D eigenvalue weighted by molar-refractivity contribution is 1.14. The van der Waals surface area contributed by atoms with Crippen molar-refractivity contribution in [2.45, 2.75) is 0 Å². The van der Waals surface area contributed by atoms with Gasteiger partial charge in [-0.3, -0.25) is 0 Å². The normalized spacial score (nSPS) is 11.5. The SMILES string of the molecule is c1ccc(-c2ccc(-n3c4ccccc4c4ccccc43)c(-c3cc(-c4cc(-c5ccccc5)ccc4-n4c5ccccc5c5ccccc54)nc(-c4ccccc4)n3)c2)cc1. The first kappa shape index (κ1) is 35.6. The summed E-state index contributed by atoms with van der Waals surface area (Å²) in [6.45, 7) is 0. The number of hydrogen-bond donors (Lipinski definition) is 0. The molecule has 0 spiro atoms. The number of nitrogens with zero attached hydrogens (tertiary/aromatic N) is 4. The van der Waals surface area contributed by atoms with Crippen LogP contribution in [-0.4, -0.2) is 19.1 Å². The maximum absolute atomic E-state index is 5.51. The lowest BCUT2D eigenvalue weighted by Gasteiger charge is -2.19. The summed E-state index contributed by atoms with van der Waals surface area (Å²) in [5.41, 5.74) is 15.8. The van der Waals surface area contributed by atoms with Crippen LogP contribution in [0.3, 0.4) is 0 Å². The minimum atomic E-state index is 0.662. The number of hydrogen-bond acceptors (Lipinski definition) is 2. The number of rotatable bonds is 7. The average molecular weight is 791 g/mol. The van der Waals surface area contributed by atoms with Crippen molar-refractivity contribution in [1.82, 2.24) is 19.1 Å². The highest BCUT2D eigenvalue weighted by Crippen LogP contribution is 2.42. The van der Waals surface area contributed by atoms with Gasteiger partial charge in [0.2, 0.25) is 0 Å². The Balaban J connectivity index is 1.19. The standard InChI is InChI=1S/C58H38N4/c1-4-18-39(19-5-1)42-32-34-56(61-52-28-14-10-24-44(52)45-25-11-15-29-53(45)61)48(36-42)50-38-51(60-58(59-50)41-22-8-3-9-23-41)49-37-43(40-20-6-2-7-21-40)33-35-57(49)62-54-30-16-12-26-46(54)47-27-13-17-31-55(47)62/h1-38H. The van der Waals surface area contributed by atoms with Crippen LogP contribution in [0, 0.1) is 0 Å². The molecule has 9 aromatic carbocycles. The van der Waals surface area contributed by atoms with Crippen molar-refractivity contribution < 1.29 is 0 Å². The summed E-state index contributed by atoms with van der Waals surface area (Å²) in [7, 11) is 0. The first-order valence-corrected chi connectivity index (χ1v) is 21.1. The largest absolute Gasteiger partial charge is 0.309 e. The van der Waals surface area contributed by atoms with Crippen LogP contribution in [-0.2, 0) is 0 Å². The summed E-state index contributed by atoms with van der Waals surface area (Å²) in [4.78, 5) is 11.0. The van der Waals surface area contributed by atoms with E-state index >= 15 is 0 Å². The molecule has 0 bridgehead atoms. The van der Waals surface area contributed by atoms with Crippen LogP contribution < -0.4 is 0 Å². The van der Waals surface area contributed by atoms with Gasteiger partial charge < -0.3 is 9.13 Å². The van der Waals surface area contributed by atoms with Crippen molar-refractivity contribution in [2.75, 3.05) is 0 Å². The molecule has 0 saturated carbocycles. The molecule has 0 aliphatic heterocycles. The van der Waals surface area contributed by atoms with Gasteiger partial charge in [0.15, 0.2) is 5.82 Å². The molecule has 0 unspecified atom stereocenters. The molecule has 290 valence electrons.